The van der Waals surface area contributed by atoms with E-state index in [1.807, 2.05) is 30.3 Å². The Morgan fingerprint density at radius 1 is 0.889 bits per heavy atom. The topological polar surface area (TPSA) is 121 Å². The summed E-state index contributed by atoms with van der Waals surface area (Å²) in [4.78, 5) is 42.9. The van der Waals surface area contributed by atoms with Crippen molar-refractivity contribution in [1.29, 1.82) is 0 Å². The van der Waals surface area contributed by atoms with Gasteiger partial charge in [0.05, 0.1) is 31.7 Å². The highest BCUT2D eigenvalue weighted by molar-refractivity contribution is 6.06. The lowest BCUT2D eigenvalue weighted by molar-refractivity contribution is 0.0365. The summed E-state index contributed by atoms with van der Waals surface area (Å²) in [5, 5.41) is 8.54. The standard InChI is InChI=1S/C34H43N5O6/c1-34(2,3)45-33(42)37-30-12-6-5-11-29(30)36-31(40)26-15-13-25(14-16-26)24-39(18-8-17-38-19-21-44-22-20-38)32(41)35-27-9-7-10-28(23-27)43-4/h5-7,9-16,23H,8,17-22,24H2,1-4H3,(H,35,41)(H,36,40)(H,37,42). The normalized spacial score (nSPS) is 13.4. The molecule has 0 atom stereocenters. The molecule has 11 heteroatoms. The highest BCUT2D eigenvalue weighted by Crippen LogP contribution is 2.23. The van der Waals surface area contributed by atoms with Crippen LogP contribution in [-0.2, 0) is 16.0 Å². The molecule has 3 N–H and O–H groups in total. The molecular weight excluding hydrogens is 574 g/mol. The molecule has 1 saturated heterocycles. The molecule has 0 spiro atoms. The van der Waals surface area contributed by atoms with Crippen molar-refractivity contribution < 1.29 is 28.6 Å². The van der Waals surface area contributed by atoms with Crippen LogP contribution in [0.15, 0.2) is 72.8 Å². The molecule has 0 radical (unpaired) electrons. The summed E-state index contributed by atoms with van der Waals surface area (Å²) in [6.07, 6.45) is 0.196. The zero-order valence-corrected chi connectivity index (χ0v) is 26.4. The Balaban J connectivity index is 1.40. The molecular formula is C34H43N5O6. The minimum atomic E-state index is -0.655. The van der Waals surface area contributed by atoms with Gasteiger partial charge in [0.1, 0.15) is 11.4 Å². The van der Waals surface area contributed by atoms with Crippen LogP contribution >= 0.6 is 0 Å². The Hall–Kier alpha value is -4.61. The van der Waals surface area contributed by atoms with Crippen molar-refractivity contribution in [3.8, 4) is 5.75 Å². The van der Waals surface area contributed by atoms with Crippen molar-refractivity contribution in [3.05, 3.63) is 83.9 Å². The number of hydrogen-bond donors (Lipinski definition) is 3. The van der Waals surface area contributed by atoms with Crippen molar-refractivity contribution in [1.82, 2.24) is 9.80 Å². The number of ether oxygens (including phenoxy) is 3. The van der Waals surface area contributed by atoms with Gasteiger partial charge in [0.15, 0.2) is 0 Å². The number of rotatable bonds is 11. The summed E-state index contributed by atoms with van der Waals surface area (Å²) < 4.78 is 16.1. The highest BCUT2D eigenvalue weighted by Gasteiger charge is 2.19. The van der Waals surface area contributed by atoms with Crippen LogP contribution in [0, 0.1) is 0 Å². The van der Waals surface area contributed by atoms with E-state index in [4.69, 9.17) is 14.2 Å². The maximum atomic E-state index is 13.4. The smallest absolute Gasteiger partial charge is 0.412 e. The van der Waals surface area contributed by atoms with E-state index < -0.39 is 11.7 Å². The summed E-state index contributed by atoms with van der Waals surface area (Å²) >= 11 is 0. The second-order valence-corrected chi connectivity index (χ2v) is 11.7. The van der Waals surface area contributed by atoms with E-state index in [9.17, 15) is 14.4 Å². The quantitative estimate of drug-likeness (QED) is 0.240. The molecule has 1 aliphatic rings. The fourth-order valence-electron chi connectivity index (χ4n) is 4.76. The molecule has 3 aromatic carbocycles. The van der Waals surface area contributed by atoms with Crippen molar-refractivity contribution in [2.24, 2.45) is 0 Å². The van der Waals surface area contributed by atoms with Gasteiger partial charge in [-0.25, -0.2) is 9.59 Å². The van der Waals surface area contributed by atoms with Crippen molar-refractivity contribution in [3.63, 3.8) is 0 Å². The number of amides is 4. The average molecular weight is 618 g/mol. The Labute approximate surface area is 264 Å². The number of nitrogens with zero attached hydrogens (tertiary/aromatic N) is 2. The summed E-state index contributed by atoms with van der Waals surface area (Å²) in [5.41, 5.74) is 2.17. The third kappa shape index (κ3) is 10.8. The second kappa shape index (κ2) is 15.9. The number of carbonyl (C=O) groups is 3. The molecule has 0 unspecified atom stereocenters. The van der Waals surface area contributed by atoms with E-state index in [0.717, 1.165) is 44.8 Å². The number of methoxy groups -OCH3 is 1. The van der Waals surface area contributed by atoms with Crippen molar-refractivity contribution in [2.45, 2.75) is 39.3 Å². The van der Waals surface area contributed by atoms with E-state index >= 15 is 0 Å². The first-order valence-electron chi connectivity index (χ1n) is 15.1. The minimum Gasteiger partial charge on any atom is -0.497 e. The molecule has 1 heterocycles. The summed E-state index contributed by atoms with van der Waals surface area (Å²) in [5.74, 6) is 0.321. The maximum Gasteiger partial charge on any atom is 0.412 e. The van der Waals surface area contributed by atoms with Crippen LogP contribution in [0.25, 0.3) is 0 Å². The molecule has 0 aliphatic carbocycles. The monoisotopic (exact) mass is 617 g/mol. The first-order chi connectivity index (χ1) is 21.6. The number of carbonyl (C=O) groups excluding carboxylic acids is 3. The Morgan fingerprint density at radius 3 is 2.24 bits per heavy atom. The predicted octanol–water partition coefficient (Wildman–Crippen LogP) is 6.05. The fraction of sp³-hybridized carbons (Fsp3) is 0.382. The fourth-order valence-corrected chi connectivity index (χ4v) is 4.76. The van der Waals surface area contributed by atoms with E-state index in [2.05, 4.69) is 20.9 Å². The first-order valence-corrected chi connectivity index (χ1v) is 15.1. The van der Waals surface area contributed by atoms with Gasteiger partial charge in [-0.3, -0.25) is 15.0 Å². The van der Waals surface area contributed by atoms with Gasteiger partial charge in [0.25, 0.3) is 5.91 Å². The number of morpholine rings is 1. The average Bonchev–Trinajstić information content (AvgIpc) is 3.01. The number of para-hydroxylation sites is 2. The summed E-state index contributed by atoms with van der Waals surface area (Å²) in [6.45, 7) is 10.4. The second-order valence-electron chi connectivity index (χ2n) is 11.7. The molecule has 240 valence electrons. The van der Waals surface area contributed by atoms with Crippen LogP contribution < -0.4 is 20.7 Å². The largest absolute Gasteiger partial charge is 0.497 e. The number of urea groups is 1. The van der Waals surface area contributed by atoms with Crippen molar-refractivity contribution >= 4 is 35.1 Å². The summed E-state index contributed by atoms with van der Waals surface area (Å²) in [7, 11) is 1.59. The zero-order valence-electron chi connectivity index (χ0n) is 26.4. The lowest BCUT2D eigenvalue weighted by atomic mass is 10.1. The molecule has 0 aromatic heterocycles. The van der Waals surface area contributed by atoms with E-state index in [-0.39, 0.29) is 11.9 Å². The number of anilines is 3. The third-order valence-electron chi connectivity index (χ3n) is 7.01. The molecule has 1 fully saturated rings. The third-order valence-corrected chi connectivity index (χ3v) is 7.01. The summed E-state index contributed by atoms with van der Waals surface area (Å²) in [6, 6.07) is 21.1. The van der Waals surface area contributed by atoms with Crippen LogP contribution in [0.1, 0.15) is 43.1 Å². The maximum absolute atomic E-state index is 13.4. The molecule has 4 amide bonds. The molecule has 3 aromatic rings. The van der Waals surface area contributed by atoms with Gasteiger partial charge in [-0.1, -0.05) is 30.3 Å². The van der Waals surface area contributed by atoms with Gasteiger partial charge in [-0.15, -0.1) is 0 Å². The van der Waals surface area contributed by atoms with E-state index in [0.29, 0.717) is 41.5 Å². The molecule has 4 rings (SSSR count). The van der Waals surface area contributed by atoms with Gasteiger partial charge >= 0.3 is 12.1 Å². The van der Waals surface area contributed by atoms with Gasteiger partial charge in [-0.05, 0) is 69.2 Å². The zero-order chi connectivity index (χ0) is 32.2. The SMILES string of the molecule is COc1cccc(NC(=O)N(CCCN2CCOCC2)Cc2ccc(C(=O)Nc3ccccc3NC(=O)OC(C)(C)C)cc2)c1. The van der Waals surface area contributed by atoms with Gasteiger partial charge in [-0.2, -0.15) is 0 Å². The molecule has 1 aliphatic heterocycles. The Bertz CT molecular complexity index is 1430. The van der Waals surface area contributed by atoms with Crippen LogP contribution in [0.2, 0.25) is 0 Å². The Kier molecular flexibility index (Phi) is 11.8. The van der Waals surface area contributed by atoms with Crippen LogP contribution in [0.5, 0.6) is 5.75 Å². The van der Waals surface area contributed by atoms with Crippen LogP contribution in [-0.4, -0.2) is 79.9 Å². The van der Waals surface area contributed by atoms with Gasteiger partial charge < -0.3 is 29.7 Å². The Morgan fingerprint density at radius 2 is 1.58 bits per heavy atom. The number of nitrogens with one attached hydrogen (secondary N) is 3. The molecule has 0 saturated carbocycles. The predicted molar refractivity (Wildman–Crippen MR) is 175 cm³/mol. The number of hydrogen-bond acceptors (Lipinski definition) is 7. The van der Waals surface area contributed by atoms with Crippen LogP contribution in [0.3, 0.4) is 0 Å². The van der Waals surface area contributed by atoms with Gasteiger partial charge in [0, 0.05) is 50.0 Å². The van der Waals surface area contributed by atoms with Gasteiger partial charge in [0.2, 0.25) is 0 Å². The molecule has 0 bridgehead atoms. The van der Waals surface area contributed by atoms with E-state index in [1.54, 1.807) is 75.2 Å². The van der Waals surface area contributed by atoms with Crippen LogP contribution in [0.4, 0.5) is 26.7 Å². The van der Waals surface area contributed by atoms with E-state index in [1.165, 1.54) is 0 Å². The highest BCUT2D eigenvalue weighted by atomic mass is 16.6. The minimum absolute atomic E-state index is 0.221. The first kappa shape index (κ1) is 33.3. The number of benzene rings is 3. The van der Waals surface area contributed by atoms with Crippen molar-refractivity contribution in [2.75, 3.05) is 62.5 Å². The lowest BCUT2D eigenvalue weighted by Crippen LogP contribution is -2.40. The molecule has 45 heavy (non-hydrogen) atoms. The molecule has 11 nitrogen and oxygen atoms in total. The lowest BCUT2D eigenvalue weighted by Gasteiger charge is -2.28.